The fraction of sp³-hybridized carbons (Fsp3) is 0.211. The van der Waals surface area contributed by atoms with E-state index in [1.807, 2.05) is 10.6 Å². The summed E-state index contributed by atoms with van der Waals surface area (Å²) in [7, 11) is 1.61. The number of anilines is 1. The van der Waals surface area contributed by atoms with Crippen LogP contribution in [0.5, 0.6) is 5.75 Å². The molecule has 3 aromatic rings. The van der Waals surface area contributed by atoms with E-state index in [-0.39, 0.29) is 11.7 Å². The molecule has 0 saturated carbocycles. The first-order valence-electron chi connectivity index (χ1n) is 8.11. The highest BCUT2D eigenvalue weighted by molar-refractivity contribution is 7.99. The van der Waals surface area contributed by atoms with E-state index in [4.69, 9.17) is 4.74 Å². The first kappa shape index (κ1) is 18.0. The zero-order valence-electron chi connectivity index (χ0n) is 14.9. The Balaban J connectivity index is 1.63. The minimum Gasteiger partial charge on any atom is -0.497 e. The van der Waals surface area contributed by atoms with Crippen molar-refractivity contribution in [2.24, 2.45) is 0 Å². The third kappa shape index (κ3) is 4.23. The topological polar surface area (TPSA) is 69.0 Å². The van der Waals surface area contributed by atoms with Gasteiger partial charge in [0.1, 0.15) is 12.1 Å². The number of carbonyl (C=O) groups is 1. The van der Waals surface area contributed by atoms with Gasteiger partial charge in [0.25, 0.3) is 0 Å². The van der Waals surface area contributed by atoms with Gasteiger partial charge in [-0.05, 0) is 61.4 Å². The lowest BCUT2D eigenvalue weighted by atomic mass is 10.1. The van der Waals surface area contributed by atoms with Crippen molar-refractivity contribution < 1.29 is 9.53 Å². The highest BCUT2D eigenvalue weighted by Crippen LogP contribution is 2.22. The smallest absolute Gasteiger partial charge is 0.234 e. The number of thioether (sulfide) groups is 1. The molecular weight excluding hydrogens is 348 g/mol. The minimum absolute atomic E-state index is 0.102. The lowest BCUT2D eigenvalue weighted by molar-refractivity contribution is -0.113. The molecular formula is C19H20N4O2S. The van der Waals surface area contributed by atoms with E-state index in [1.54, 1.807) is 37.7 Å². The molecule has 0 unspecified atom stereocenters. The van der Waals surface area contributed by atoms with Crippen LogP contribution in [0.4, 0.5) is 5.69 Å². The molecule has 1 amide bonds. The second-order valence-corrected chi connectivity index (χ2v) is 6.76. The SMILES string of the molecule is COc1ccc(NC(=O)CSc2nncn2-c2ccc(C)c(C)c2)cc1. The summed E-state index contributed by atoms with van der Waals surface area (Å²) < 4.78 is 6.99. The third-order valence-electron chi connectivity index (χ3n) is 3.99. The molecule has 1 N–H and O–H groups in total. The number of aryl methyl sites for hydroxylation is 2. The Morgan fingerprint density at radius 2 is 1.92 bits per heavy atom. The molecule has 0 radical (unpaired) electrons. The van der Waals surface area contributed by atoms with Crippen LogP contribution in [-0.2, 0) is 4.79 Å². The van der Waals surface area contributed by atoms with Crippen LogP contribution in [0.25, 0.3) is 5.69 Å². The second-order valence-electron chi connectivity index (χ2n) is 5.82. The Bertz CT molecular complexity index is 906. The number of aromatic nitrogens is 3. The molecule has 6 nitrogen and oxygen atoms in total. The van der Waals surface area contributed by atoms with Gasteiger partial charge in [-0.1, -0.05) is 17.8 Å². The van der Waals surface area contributed by atoms with Gasteiger partial charge in [-0.15, -0.1) is 10.2 Å². The number of hydrogen-bond donors (Lipinski definition) is 1. The molecule has 0 fully saturated rings. The highest BCUT2D eigenvalue weighted by atomic mass is 32.2. The molecule has 0 spiro atoms. The van der Waals surface area contributed by atoms with Crippen molar-refractivity contribution in [3.63, 3.8) is 0 Å². The van der Waals surface area contributed by atoms with Crippen LogP contribution in [0.1, 0.15) is 11.1 Å². The number of methoxy groups -OCH3 is 1. The quantitative estimate of drug-likeness (QED) is 0.673. The van der Waals surface area contributed by atoms with Crippen LogP contribution in [0.15, 0.2) is 53.9 Å². The van der Waals surface area contributed by atoms with Gasteiger partial charge in [-0.2, -0.15) is 0 Å². The van der Waals surface area contributed by atoms with Gasteiger partial charge in [0.2, 0.25) is 5.91 Å². The summed E-state index contributed by atoms with van der Waals surface area (Å²) in [5, 5.41) is 11.6. The average molecular weight is 368 g/mol. The lowest BCUT2D eigenvalue weighted by Gasteiger charge is -2.09. The van der Waals surface area contributed by atoms with Gasteiger partial charge in [0.05, 0.1) is 12.9 Å². The molecule has 2 aromatic carbocycles. The molecule has 0 atom stereocenters. The number of ether oxygens (including phenoxy) is 1. The van der Waals surface area contributed by atoms with Crippen LogP contribution in [-0.4, -0.2) is 33.5 Å². The molecule has 0 saturated heterocycles. The Morgan fingerprint density at radius 3 is 2.62 bits per heavy atom. The van der Waals surface area contributed by atoms with Crippen LogP contribution in [0, 0.1) is 13.8 Å². The van der Waals surface area contributed by atoms with E-state index in [0.29, 0.717) is 5.16 Å². The molecule has 0 aliphatic rings. The lowest BCUT2D eigenvalue weighted by Crippen LogP contribution is -2.14. The summed E-state index contributed by atoms with van der Waals surface area (Å²) in [5.41, 5.74) is 4.14. The molecule has 7 heteroatoms. The number of hydrogen-bond acceptors (Lipinski definition) is 5. The van der Waals surface area contributed by atoms with Gasteiger partial charge in [0, 0.05) is 11.4 Å². The van der Waals surface area contributed by atoms with Gasteiger partial charge < -0.3 is 10.1 Å². The van der Waals surface area contributed by atoms with Crippen LogP contribution >= 0.6 is 11.8 Å². The Kier molecular flexibility index (Phi) is 5.58. The minimum atomic E-state index is -0.102. The Hall–Kier alpha value is -2.80. The number of nitrogens with zero attached hydrogens (tertiary/aromatic N) is 3. The number of carbonyl (C=O) groups excluding carboxylic acids is 1. The predicted molar refractivity (Wildman–Crippen MR) is 103 cm³/mol. The van der Waals surface area contributed by atoms with Crippen molar-refractivity contribution in [3.8, 4) is 11.4 Å². The summed E-state index contributed by atoms with van der Waals surface area (Å²) in [4.78, 5) is 12.2. The molecule has 0 bridgehead atoms. The summed E-state index contributed by atoms with van der Waals surface area (Å²) >= 11 is 1.35. The Labute approximate surface area is 156 Å². The average Bonchev–Trinajstić information content (AvgIpc) is 3.11. The van der Waals surface area contributed by atoms with Gasteiger partial charge in [-0.25, -0.2) is 0 Å². The van der Waals surface area contributed by atoms with E-state index >= 15 is 0 Å². The zero-order chi connectivity index (χ0) is 18.5. The number of nitrogens with one attached hydrogen (secondary N) is 1. The van der Waals surface area contributed by atoms with Crippen LogP contribution in [0.2, 0.25) is 0 Å². The van der Waals surface area contributed by atoms with E-state index in [0.717, 1.165) is 17.1 Å². The molecule has 0 aliphatic carbocycles. The summed E-state index contributed by atoms with van der Waals surface area (Å²) in [6.07, 6.45) is 1.66. The van der Waals surface area contributed by atoms with Crippen molar-refractivity contribution in [2.75, 3.05) is 18.2 Å². The van der Waals surface area contributed by atoms with E-state index in [2.05, 4.69) is 41.5 Å². The number of amides is 1. The van der Waals surface area contributed by atoms with Gasteiger partial charge >= 0.3 is 0 Å². The van der Waals surface area contributed by atoms with Crippen LogP contribution < -0.4 is 10.1 Å². The fourth-order valence-corrected chi connectivity index (χ4v) is 3.11. The highest BCUT2D eigenvalue weighted by Gasteiger charge is 2.11. The van der Waals surface area contributed by atoms with E-state index in [1.165, 1.54) is 22.9 Å². The maximum absolute atomic E-state index is 12.2. The van der Waals surface area contributed by atoms with Crippen molar-refractivity contribution in [3.05, 3.63) is 59.9 Å². The molecule has 1 aromatic heterocycles. The standard InChI is InChI=1S/C19H20N4O2S/c1-13-4-7-16(10-14(13)2)23-12-20-22-19(23)26-11-18(24)21-15-5-8-17(25-3)9-6-15/h4-10,12H,11H2,1-3H3,(H,21,24). The molecule has 0 aliphatic heterocycles. The number of benzene rings is 2. The van der Waals surface area contributed by atoms with E-state index < -0.39 is 0 Å². The largest absolute Gasteiger partial charge is 0.497 e. The molecule has 3 rings (SSSR count). The van der Waals surface area contributed by atoms with Crippen molar-refractivity contribution in [1.29, 1.82) is 0 Å². The second kappa shape index (κ2) is 8.05. The van der Waals surface area contributed by atoms with E-state index in [9.17, 15) is 4.79 Å². The maximum atomic E-state index is 12.2. The molecule has 134 valence electrons. The summed E-state index contributed by atoms with van der Waals surface area (Å²) in [5.74, 6) is 0.893. The van der Waals surface area contributed by atoms with Crippen LogP contribution in [0.3, 0.4) is 0 Å². The molecule has 26 heavy (non-hydrogen) atoms. The van der Waals surface area contributed by atoms with Crippen molar-refractivity contribution >= 4 is 23.4 Å². The fourth-order valence-electron chi connectivity index (χ4n) is 2.38. The summed E-state index contributed by atoms with van der Waals surface area (Å²) in [6, 6.07) is 13.4. The first-order valence-corrected chi connectivity index (χ1v) is 9.10. The predicted octanol–water partition coefficient (Wildman–Crippen LogP) is 3.62. The normalized spacial score (nSPS) is 10.6. The summed E-state index contributed by atoms with van der Waals surface area (Å²) in [6.45, 7) is 4.14. The van der Waals surface area contributed by atoms with Crippen molar-refractivity contribution in [2.45, 2.75) is 19.0 Å². The number of rotatable bonds is 6. The van der Waals surface area contributed by atoms with Crippen molar-refractivity contribution in [1.82, 2.24) is 14.8 Å². The first-order chi connectivity index (χ1) is 12.6. The molecule has 1 heterocycles. The Morgan fingerprint density at radius 1 is 1.15 bits per heavy atom. The zero-order valence-corrected chi connectivity index (χ0v) is 15.7. The third-order valence-corrected chi connectivity index (χ3v) is 4.93. The van der Waals surface area contributed by atoms with Gasteiger partial charge in [0.15, 0.2) is 5.16 Å². The monoisotopic (exact) mass is 368 g/mol. The maximum Gasteiger partial charge on any atom is 0.234 e. The van der Waals surface area contributed by atoms with Gasteiger partial charge in [-0.3, -0.25) is 9.36 Å².